The summed E-state index contributed by atoms with van der Waals surface area (Å²) in [6.07, 6.45) is 0. The number of hydrogen-bond donors (Lipinski definition) is 2. The van der Waals surface area contributed by atoms with Gasteiger partial charge in [-0.25, -0.2) is 0 Å². The van der Waals surface area contributed by atoms with Gasteiger partial charge in [0.15, 0.2) is 0 Å². The van der Waals surface area contributed by atoms with Crippen molar-refractivity contribution in [1.82, 2.24) is 5.32 Å². The lowest BCUT2D eigenvalue weighted by atomic mass is 10.0. The van der Waals surface area contributed by atoms with Crippen LogP contribution in [0, 0.1) is 6.92 Å². The molecular formula is C11H15NO2. The molecule has 2 N–H and O–H groups in total. The number of carbonyl (C=O) groups is 1. The van der Waals surface area contributed by atoms with Gasteiger partial charge in [0, 0.05) is 6.04 Å². The van der Waals surface area contributed by atoms with E-state index in [0.717, 1.165) is 5.56 Å². The third-order valence-corrected chi connectivity index (χ3v) is 2.21. The van der Waals surface area contributed by atoms with Crippen LogP contribution in [0.2, 0.25) is 0 Å². The second-order valence-electron chi connectivity index (χ2n) is 3.35. The van der Waals surface area contributed by atoms with Crippen LogP contribution in [-0.2, 0) is 4.79 Å². The summed E-state index contributed by atoms with van der Waals surface area (Å²) in [5.74, 6) is -0.828. The minimum atomic E-state index is -0.828. The topological polar surface area (TPSA) is 49.3 Å². The maximum atomic E-state index is 10.4. The molecule has 1 unspecified atom stereocenters. The Balaban J connectivity index is 2.65. The van der Waals surface area contributed by atoms with E-state index in [1.807, 2.05) is 38.1 Å². The maximum Gasteiger partial charge on any atom is 0.317 e. The number of benzene rings is 1. The summed E-state index contributed by atoms with van der Waals surface area (Å²) in [5, 5.41) is 11.5. The van der Waals surface area contributed by atoms with E-state index in [1.54, 1.807) is 0 Å². The van der Waals surface area contributed by atoms with Gasteiger partial charge in [-0.1, -0.05) is 24.3 Å². The fraction of sp³-hybridized carbons (Fsp3) is 0.364. The van der Waals surface area contributed by atoms with Gasteiger partial charge in [-0.15, -0.1) is 0 Å². The smallest absolute Gasteiger partial charge is 0.317 e. The van der Waals surface area contributed by atoms with Gasteiger partial charge < -0.3 is 10.4 Å². The predicted octanol–water partition coefficient (Wildman–Crippen LogP) is 1.73. The fourth-order valence-electron chi connectivity index (χ4n) is 1.42. The van der Waals surface area contributed by atoms with Crippen LogP contribution in [0.25, 0.3) is 0 Å². The summed E-state index contributed by atoms with van der Waals surface area (Å²) in [6.45, 7) is 3.98. The van der Waals surface area contributed by atoms with Gasteiger partial charge in [0.25, 0.3) is 0 Å². The summed E-state index contributed by atoms with van der Waals surface area (Å²) in [6, 6.07) is 8.04. The standard InChI is InChI=1S/C11H15NO2/c1-8-5-3-4-6-10(8)9(2)12-7-11(13)14/h3-6,9,12H,7H2,1-2H3,(H,13,14). The van der Waals surface area contributed by atoms with E-state index >= 15 is 0 Å². The molecule has 0 aliphatic rings. The molecule has 0 fully saturated rings. The molecule has 14 heavy (non-hydrogen) atoms. The van der Waals surface area contributed by atoms with E-state index in [2.05, 4.69) is 5.32 Å². The van der Waals surface area contributed by atoms with Crippen LogP contribution in [0.1, 0.15) is 24.1 Å². The molecule has 0 aromatic heterocycles. The zero-order valence-electron chi connectivity index (χ0n) is 8.45. The van der Waals surface area contributed by atoms with Crippen LogP contribution >= 0.6 is 0 Å². The first-order chi connectivity index (χ1) is 6.61. The average molecular weight is 193 g/mol. The highest BCUT2D eigenvalue weighted by Crippen LogP contribution is 2.15. The Morgan fingerprint density at radius 2 is 2.14 bits per heavy atom. The van der Waals surface area contributed by atoms with Gasteiger partial charge in [-0.3, -0.25) is 4.79 Å². The summed E-state index contributed by atoms with van der Waals surface area (Å²) in [4.78, 5) is 10.4. The van der Waals surface area contributed by atoms with Crippen LogP contribution < -0.4 is 5.32 Å². The minimum Gasteiger partial charge on any atom is -0.480 e. The van der Waals surface area contributed by atoms with Crippen molar-refractivity contribution in [1.29, 1.82) is 0 Å². The SMILES string of the molecule is Cc1ccccc1C(C)NCC(=O)O. The van der Waals surface area contributed by atoms with Crippen molar-refractivity contribution in [2.24, 2.45) is 0 Å². The summed E-state index contributed by atoms with van der Waals surface area (Å²) >= 11 is 0. The van der Waals surface area contributed by atoms with Crippen molar-refractivity contribution >= 4 is 5.97 Å². The molecule has 1 aromatic carbocycles. The van der Waals surface area contributed by atoms with Crippen LogP contribution in [-0.4, -0.2) is 17.6 Å². The Bertz CT molecular complexity index is 323. The Morgan fingerprint density at radius 1 is 1.50 bits per heavy atom. The lowest BCUT2D eigenvalue weighted by molar-refractivity contribution is -0.136. The van der Waals surface area contributed by atoms with Crippen LogP contribution in [0.4, 0.5) is 0 Å². The summed E-state index contributed by atoms with van der Waals surface area (Å²) in [7, 11) is 0. The molecule has 1 rings (SSSR count). The zero-order valence-corrected chi connectivity index (χ0v) is 8.45. The van der Waals surface area contributed by atoms with Gasteiger partial charge in [0.1, 0.15) is 0 Å². The number of hydrogen-bond acceptors (Lipinski definition) is 2. The summed E-state index contributed by atoms with van der Waals surface area (Å²) < 4.78 is 0. The molecule has 0 bridgehead atoms. The molecule has 3 heteroatoms. The average Bonchev–Trinajstić information content (AvgIpc) is 2.15. The second kappa shape index (κ2) is 4.77. The van der Waals surface area contributed by atoms with E-state index < -0.39 is 5.97 Å². The van der Waals surface area contributed by atoms with E-state index in [9.17, 15) is 4.79 Å². The van der Waals surface area contributed by atoms with Crippen molar-refractivity contribution in [2.75, 3.05) is 6.54 Å². The Labute approximate surface area is 83.8 Å². The van der Waals surface area contributed by atoms with E-state index in [1.165, 1.54) is 5.56 Å². The van der Waals surface area contributed by atoms with Crippen molar-refractivity contribution in [3.8, 4) is 0 Å². The molecule has 0 heterocycles. The first-order valence-corrected chi connectivity index (χ1v) is 4.62. The van der Waals surface area contributed by atoms with Crippen molar-refractivity contribution in [2.45, 2.75) is 19.9 Å². The molecule has 0 spiro atoms. The molecule has 3 nitrogen and oxygen atoms in total. The molecule has 1 aromatic rings. The van der Waals surface area contributed by atoms with E-state index in [-0.39, 0.29) is 12.6 Å². The van der Waals surface area contributed by atoms with Crippen molar-refractivity contribution < 1.29 is 9.90 Å². The minimum absolute atomic E-state index is 0.00446. The summed E-state index contributed by atoms with van der Waals surface area (Å²) in [5.41, 5.74) is 2.33. The highest BCUT2D eigenvalue weighted by Gasteiger charge is 2.07. The van der Waals surface area contributed by atoms with Gasteiger partial charge in [-0.05, 0) is 25.0 Å². The molecule has 0 radical (unpaired) electrons. The number of nitrogens with one attached hydrogen (secondary N) is 1. The van der Waals surface area contributed by atoms with Crippen molar-refractivity contribution in [3.05, 3.63) is 35.4 Å². The zero-order chi connectivity index (χ0) is 10.6. The van der Waals surface area contributed by atoms with Crippen LogP contribution in [0.5, 0.6) is 0 Å². The van der Waals surface area contributed by atoms with Gasteiger partial charge in [0.2, 0.25) is 0 Å². The van der Waals surface area contributed by atoms with Gasteiger partial charge in [-0.2, -0.15) is 0 Å². The normalized spacial score (nSPS) is 12.4. The number of rotatable bonds is 4. The number of carboxylic acid groups (broad SMARTS) is 1. The lowest BCUT2D eigenvalue weighted by Crippen LogP contribution is -2.25. The number of aryl methyl sites for hydroxylation is 1. The quantitative estimate of drug-likeness (QED) is 0.765. The molecular weight excluding hydrogens is 178 g/mol. The highest BCUT2D eigenvalue weighted by molar-refractivity contribution is 5.69. The van der Waals surface area contributed by atoms with Gasteiger partial charge >= 0.3 is 5.97 Å². The molecule has 0 amide bonds. The molecule has 0 saturated heterocycles. The number of aliphatic carboxylic acids is 1. The third kappa shape index (κ3) is 2.85. The third-order valence-electron chi connectivity index (χ3n) is 2.21. The molecule has 76 valence electrons. The Hall–Kier alpha value is -1.35. The molecule has 0 aliphatic carbocycles. The fourth-order valence-corrected chi connectivity index (χ4v) is 1.42. The Kier molecular flexibility index (Phi) is 3.65. The molecule has 0 saturated carbocycles. The first-order valence-electron chi connectivity index (χ1n) is 4.62. The predicted molar refractivity (Wildman–Crippen MR) is 55.2 cm³/mol. The van der Waals surface area contributed by atoms with E-state index in [4.69, 9.17) is 5.11 Å². The lowest BCUT2D eigenvalue weighted by Gasteiger charge is -2.14. The van der Waals surface area contributed by atoms with Gasteiger partial charge in [0.05, 0.1) is 6.54 Å². The largest absolute Gasteiger partial charge is 0.480 e. The second-order valence-corrected chi connectivity index (χ2v) is 3.35. The Morgan fingerprint density at radius 3 is 2.71 bits per heavy atom. The highest BCUT2D eigenvalue weighted by atomic mass is 16.4. The molecule has 1 atom stereocenters. The maximum absolute atomic E-state index is 10.4. The first kappa shape index (κ1) is 10.7. The van der Waals surface area contributed by atoms with E-state index in [0.29, 0.717) is 0 Å². The molecule has 0 aliphatic heterocycles. The number of carboxylic acids is 1. The monoisotopic (exact) mass is 193 g/mol. The van der Waals surface area contributed by atoms with Crippen LogP contribution in [0.15, 0.2) is 24.3 Å². The van der Waals surface area contributed by atoms with Crippen molar-refractivity contribution in [3.63, 3.8) is 0 Å². The van der Waals surface area contributed by atoms with Crippen LogP contribution in [0.3, 0.4) is 0 Å².